The highest BCUT2D eigenvalue weighted by Gasteiger charge is 2.33. The molecule has 1 heterocycles. The summed E-state index contributed by atoms with van der Waals surface area (Å²) in [6, 6.07) is 7.66. The Labute approximate surface area is 183 Å². The lowest BCUT2D eigenvalue weighted by Crippen LogP contribution is -2.42. The van der Waals surface area contributed by atoms with Crippen LogP contribution in [0.15, 0.2) is 24.3 Å². The van der Waals surface area contributed by atoms with E-state index in [0.29, 0.717) is 6.61 Å². The van der Waals surface area contributed by atoms with Gasteiger partial charge in [0.25, 0.3) is 5.91 Å². The van der Waals surface area contributed by atoms with Gasteiger partial charge in [0, 0.05) is 18.8 Å². The summed E-state index contributed by atoms with van der Waals surface area (Å²) in [5.74, 6) is 0.769. The van der Waals surface area contributed by atoms with Crippen LogP contribution in [0, 0.1) is 0 Å². The third kappa shape index (κ3) is 8.65. The number of carbonyl (C=O) groups is 1. The highest BCUT2D eigenvalue weighted by atomic mass is 16.5. The lowest BCUT2D eigenvalue weighted by Gasteiger charge is -2.28. The number of rotatable bonds is 13. The summed E-state index contributed by atoms with van der Waals surface area (Å²) in [6.45, 7) is 10.8. The average Bonchev–Trinajstić information content (AvgIpc) is 3.01. The molecule has 0 spiro atoms. The molecule has 0 unspecified atom stereocenters. The number of amides is 1. The fourth-order valence-corrected chi connectivity index (χ4v) is 4.02. The van der Waals surface area contributed by atoms with E-state index in [0.717, 1.165) is 56.7 Å². The quantitative estimate of drug-likeness (QED) is 0.421. The Kier molecular flexibility index (Phi) is 11.2. The molecule has 0 bridgehead atoms. The van der Waals surface area contributed by atoms with Crippen molar-refractivity contribution in [2.75, 3.05) is 38.2 Å². The van der Waals surface area contributed by atoms with E-state index >= 15 is 0 Å². The first kappa shape index (κ1) is 24.7. The van der Waals surface area contributed by atoms with E-state index in [9.17, 15) is 4.79 Å². The largest absolute Gasteiger partial charge is 0.494 e. The summed E-state index contributed by atoms with van der Waals surface area (Å²) in [4.78, 5) is 15.4. The normalized spacial score (nSPS) is 17.2. The third-order valence-corrected chi connectivity index (χ3v) is 5.90. The minimum Gasteiger partial charge on any atom is -0.494 e. The van der Waals surface area contributed by atoms with Gasteiger partial charge in [0.2, 0.25) is 0 Å². The first-order chi connectivity index (χ1) is 14.6. The predicted molar refractivity (Wildman–Crippen MR) is 124 cm³/mol. The zero-order valence-electron chi connectivity index (χ0n) is 19.4. The van der Waals surface area contributed by atoms with Crippen LogP contribution in [0.2, 0.25) is 0 Å². The molecule has 1 aromatic carbocycles. The molecule has 1 aliphatic heterocycles. The molecule has 1 saturated heterocycles. The zero-order chi connectivity index (χ0) is 21.7. The highest BCUT2D eigenvalue weighted by molar-refractivity contribution is 5.97. The number of hydrogen-bond donors (Lipinski definition) is 1. The van der Waals surface area contributed by atoms with Gasteiger partial charge < -0.3 is 19.7 Å². The molecule has 0 aliphatic carbocycles. The van der Waals surface area contributed by atoms with Crippen LogP contribution in [0.5, 0.6) is 5.75 Å². The van der Waals surface area contributed by atoms with Gasteiger partial charge in [0.1, 0.15) is 11.4 Å². The minimum absolute atomic E-state index is 0.0772. The van der Waals surface area contributed by atoms with Gasteiger partial charge in [0.05, 0.1) is 6.61 Å². The van der Waals surface area contributed by atoms with E-state index in [4.69, 9.17) is 9.47 Å². The summed E-state index contributed by atoms with van der Waals surface area (Å²) < 4.78 is 11.7. The predicted octanol–water partition coefficient (Wildman–Crippen LogP) is 5.65. The maximum Gasteiger partial charge on any atom is 0.256 e. The second-order valence-electron chi connectivity index (χ2n) is 8.56. The van der Waals surface area contributed by atoms with Crippen molar-refractivity contribution in [3.05, 3.63) is 24.3 Å². The van der Waals surface area contributed by atoms with Crippen LogP contribution < -0.4 is 10.1 Å². The van der Waals surface area contributed by atoms with E-state index in [2.05, 4.69) is 17.1 Å². The van der Waals surface area contributed by atoms with E-state index in [1.807, 2.05) is 38.1 Å². The molecule has 0 saturated carbocycles. The maximum absolute atomic E-state index is 12.8. The number of nitrogens with one attached hydrogen (secondary N) is 1. The monoisotopic (exact) mass is 418 g/mol. The zero-order valence-corrected chi connectivity index (χ0v) is 19.4. The van der Waals surface area contributed by atoms with E-state index < -0.39 is 5.60 Å². The number of ether oxygens (including phenoxy) is 2. The van der Waals surface area contributed by atoms with Crippen molar-refractivity contribution >= 4 is 11.6 Å². The standard InChI is InChI=1S/C25H42N2O3/c1-4-6-9-17-25(3,30-5-2)24(28)26-22-13-15-23(16-14-22)29-21-12-20-27-18-10-7-8-11-19-27/h13-16H,4-12,17-21H2,1-3H3,(H,26,28)/t25-/m0/s1. The van der Waals surface area contributed by atoms with Crippen molar-refractivity contribution in [3.8, 4) is 5.75 Å². The smallest absolute Gasteiger partial charge is 0.256 e. The number of likely N-dealkylation sites (tertiary alicyclic amines) is 1. The van der Waals surface area contributed by atoms with Crippen LogP contribution in [0.1, 0.15) is 78.6 Å². The van der Waals surface area contributed by atoms with Gasteiger partial charge in [-0.1, -0.05) is 39.0 Å². The summed E-state index contributed by atoms with van der Waals surface area (Å²) in [7, 11) is 0. The maximum atomic E-state index is 12.8. The molecular weight excluding hydrogens is 376 g/mol. The summed E-state index contributed by atoms with van der Waals surface area (Å²) in [6.07, 6.45) is 10.4. The Bertz CT molecular complexity index is 597. The molecular formula is C25H42N2O3. The van der Waals surface area contributed by atoms with Crippen LogP contribution in [0.4, 0.5) is 5.69 Å². The Hall–Kier alpha value is -1.59. The summed E-state index contributed by atoms with van der Waals surface area (Å²) in [5.41, 5.74) is -0.00906. The van der Waals surface area contributed by atoms with Crippen molar-refractivity contribution in [2.24, 2.45) is 0 Å². The van der Waals surface area contributed by atoms with Crippen LogP contribution in [0.3, 0.4) is 0 Å². The molecule has 0 aromatic heterocycles. The Balaban J connectivity index is 1.76. The molecule has 30 heavy (non-hydrogen) atoms. The summed E-state index contributed by atoms with van der Waals surface area (Å²) >= 11 is 0. The first-order valence-corrected chi connectivity index (χ1v) is 12.0. The molecule has 1 fully saturated rings. The summed E-state index contributed by atoms with van der Waals surface area (Å²) in [5, 5.41) is 3.01. The first-order valence-electron chi connectivity index (χ1n) is 12.0. The van der Waals surface area contributed by atoms with Crippen molar-refractivity contribution in [1.29, 1.82) is 0 Å². The number of nitrogens with zero attached hydrogens (tertiary/aromatic N) is 1. The van der Waals surface area contributed by atoms with Gasteiger partial charge in [-0.15, -0.1) is 0 Å². The topological polar surface area (TPSA) is 50.8 Å². The van der Waals surface area contributed by atoms with Crippen LogP contribution >= 0.6 is 0 Å². The van der Waals surface area contributed by atoms with Gasteiger partial charge in [0.15, 0.2) is 0 Å². The van der Waals surface area contributed by atoms with E-state index in [-0.39, 0.29) is 5.91 Å². The molecule has 1 atom stereocenters. The highest BCUT2D eigenvalue weighted by Crippen LogP contribution is 2.23. The van der Waals surface area contributed by atoms with Crippen LogP contribution in [0.25, 0.3) is 0 Å². The van der Waals surface area contributed by atoms with Gasteiger partial charge in [-0.05, 0) is 76.9 Å². The molecule has 5 nitrogen and oxygen atoms in total. The minimum atomic E-state index is -0.785. The molecule has 2 rings (SSSR count). The fourth-order valence-electron chi connectivity index (χ4n) is 4.02. The lowest BCUT2D eigenvalue weighted by atomic mass is 9.96. The van der Waals surface area contributed by atoms with Crippen molar-refractivity contribution in [2.45, 2.75) is 84.2 Å². The number of benzene rings is 1. The van der Waals surface area contributed by atoms with Crippen LogP contribution in [-0.2, 0) is 9.53 Å². The van der Waals surface area contributed by atoms with Gasteiger partial charge >= 0.3 is 0 Å². The second kappa shape index (κ2) is 13.7. The fraction of sp³-hybridized carbons (Fsp3) is 0.720. The van der Waals surface area contributed by atoms with E-state index in [1.54, 1.807) is 0 Å². The van der Waals surface area contributed by atoms with Crippen molar-refractivity contribution < 1.29 is 14.3 Å². The lowest BCUT2D eigenvalue weighted by molar-refractivity contribution is -0.139. The molecule has 1 aliphatic rings. The second-order valence-corrected chi connectivity index (χ2v) is 8.56. The number of carbonyl (C=O) groups excluding carboxylic acids is 1. The third-order valence-electron chi connectivity index (χ3n) is 5.90. The SMILES string of the molecule is CCCCC[C@](C)(OCC)C(=O)Nc1ccc(OCCCN2CCCCCC2)cc1. The number of unbranched alkanes of at least 4 members (excludes halogenated alkanes) is 2. The molecule has 0 radical (unpaired) electrons. The Morgan fingerprint density at radius 3 is 2.37 bits per heavy atom. The van der Waals surface area contributed by atoms with Crippen molar-refractivity contribution in [3.63, 3.8) is 0 Å². The molecule has 1 amide bonds. The molecule has 170 valence electrons. The van der Waals surface area contributed by atoms with Gasteiger partial charge in [-0.3, -0.25) is 4.79 Å². The molecule has 1 aromatic rings. The molecule has 5 heteroatoms. The Morgan fingerprint density at radius 2 is 1.73 bits per heavy atom. The average molecular weight is 419 g/mol. The van der Waals surface area contributed by atoms with Gasteiger partial charge in [-0.25, -0.2) is 0 Å². The van der Waals surface area contributed by atoms with Crippen molar-refractivity contribution in [1.82, 2.24) is 4.90 Å². The van der Waals surface area contributed by atoms with Gasteiger partial charge in [-0.2, -0.15) is 0 Å². The number of hydrogen-bond acceptors (Lipinski definition) is 4. The van der Waals surface area contributed by atoms with Crippen LogP contribution in [-0.4, -0.2) is 49.3 Å². The Morgan fingerprint density at radius 1 is 1.03 bits per heavy atom. The molecule has 1 N–H and O–H groups in total. The number of anilines is 1. The van der Waals surface area contributed by atoms with E-state index in [1.165, 1.54) is 38.8 Å².